The maximum atomic E-state index is 11.0. The quantitative estimate of drug-likeness (QED) is 0.417. The van der Waals surface area contributed by atoms with Crippen molar-refractivity contribution in [3.8, 4) is 0 Å². The van der Waals surface area contributed by atoms with Crippen LogP contribution in [0.1, 0.15) is 12.8 Å². The van der Waals surface area contributed by atoms with Crippen LogP contribution in [0.4, 0.5) is 0 Å². The fourth-order valence-electron chi connectivity index (χ4n) is 0.759. The van der Waals surface area contributed by atoms with Crippen LogP contribution in [0.2, 0.25) is 0 Å². The molecule has 0 unspecified atom stereocenters. The Hall–Kier alpha value is 0.0700. The summed E-state index contributed by atoms with van der Waals surface area (Å²) in [5.41, 5.74) is 0. The van der Waals surface area contributed by atoms with Crippen LogP contribution in [-0.4, -0.2) is 40.6 Å². The van der Waals surface area contributed by atoms with Crippen molar-refractivity contribution in [2.75, 3.05) is 40.6 Å². The summed E-state index contributed by atoms with van der Waals surface area (Å²) in [6.45, 7) is 2.05. The molecule has 0 aromatic carbocycles. The Morgan fingerprint density at radius 2 is 1.29 bits per heavy atom. The summed E-state index contributed by atoms with van der Waals surface area (Å²) >= 11 is 0. The van der Waals surface area contributed by atoms with E-state index in [4.69, 9.17) is 18.5 Å². The van der Waals surface area contributed by atoms with E-state index in [0.717, 1.165) is 12.8 Å². The standard InChI is InChI=1S/C8H19O5P/c1-10-5-3-7-12-14(9)13-8-4-6-11-2/h14H,3-8H2,1-2H3. The van der Waals surface area contributed by atoms with Crippen LogP contribution in [0.25, 0.3) is 0 Å². The van der Waals surface area contributed by atoms with Crippen molar-refractivity contribution >= 4 is 8.25 Å². The molecule has 0 saturated carbocycles. The fourth-order valence-corrected chi connectivity index (χ4v) is 1.46. The molecule has 0 radical (unpaired) electrons. The fraction of sp³-hybridized carbons (Fsp3) is 1.00. The van der Waals surface area contributed by atoms with Gasteiger partial charge >= 0.3 is 8.25 Å². The van der Waals surface area contributed by atoms with Gasteiger partial charge in [-0.1, -0.05) is 0 Å². The molecule has 14 heavy (non-hydrogen) atoms. The zero-order valence-electron chi connectivity index (χ0n) is 8.78. The van der Waals surface area contributed by atoms with Crippen molar-refractivity contribution < 1.29 is 23.1 Å². The Kier molecular flexibility index (Phi) is 11.2. The molecule has 0 bridgehead atoms. The number of methoxy groups -OCH3 is 2. The lowest BCUT2D eigenvalue weighted by Crippen LogP contribution is -1.97. The number of rotatable bonds is 10. The van der Waals surface area contributed by atoms with E-state index in [1.54, 1.807) is 14.2 Å². The van der Waals surface area contributed by atoms with Crippen molar-refractivity contribution in [2.45, 2.75) is 12.8 Å². The van der Waals surface area contributed by atoms with E-state index in [9.17, 15) is 4.57 Å². The smallest absolute Gasteiger partial charge is 0.319 e. The summed E-state index contributed by atoms with van der Waals surface area (Å²) in [7, 11) is 0.919. The van der Waals surface area contributed by atoms with Crippen LogP contribution in [0.15, 0.2) is 0 Å². The first-order chi connectivity index (χ1) is 6.81. The van der Waals surface area contributed by atoms with Gasteiger partial charge in [0, 0.05) is 27.4 Å². The first-order valence-electron chi connectivity index (χ1n) is 4.58. The first-order valence-corrected chi connectivity index (χ1v) is 5.81. The molecule has 0 atom stereocenters. The van der Waals surface area contributed by atoms with Gasteiger partial charge in [-0.05, 0) is 12.8 Å². The van der Waals surface area contributed by atoms with Gasteiger partial charge in [-0.15, -0.1) is 0 Å². The van der Waals surface area contributed by atoms with Gasteiger partial charge in [0.2, 0.25) is 0 Å². The SMILES string of the molecule is COCCCO[PH](=O)OCCCOC. The monoisotopic (exact) mass is 226 g/mol. The zero-order chi connectivity index (χ0) is 10.6. The predicted octanol–water partition coefficient (Wildman–Crippen LogP) is 1.48. The third kappa shape index (κ3) is 10.2. The van der Waals surface area contributed by atoms with Gasteiger partial charge < -0.3 is 18.5 Å². The lowest BCUT2D eigenvalue weighted by atomic mass is 10.5. The Morgan fingerprint density at radius 3 is 1.64 bits per heavy atom. The average Bonchev–Trinajstić information content (AvgIpc) is 2.19. The van der Waals surface area contributed by atoms with Crippen LogP contribution in [0.5, 0.6) is 0 Å². The van der Waals surface area contributed by atoms with Crippen molar-refractivity contribution in [1.29, 1.82) is 0 Å². The van der Waals surface area contributed by atoms with Crippen molar-refractivity contribution in [2.24, 2.45) is 0 Å². The highest BCUT2D eigenvalue weighted by Crippen LogP contribution is 2.23. The molecule has 0 rings (SSSR count). The molecule has 0 N–H and O–H groups in total. The molecule has 0 heterocycles. The van der Waals surface area contributed by atoms with E-state index in [1.807, 2.05) is 0 Å². The number of ether oxygens (including phenoxy) is 2. The van der Waals surface area contributed by atoms with Crippen LogP contribution in [0.3, 0.4) is 0 Å². The normalized spacial score (nSPS) is 11.1. The minimum Gasteiger partial charge on any atom is -0.385 e. The minimum absolute atomic E-state index is 0.413. The Morgan fingerprint density at radius 1 is 0.857 bits per heavy atom. The summed E-state index contributed by atoms with van der Waals surface area (Å²) in [5.74, 6) is 0. The molecule has 0 amide bonds. The van der Waals surface area contributed by atoms with Crippen LogP contribution < -0.4 is 0 Å². The Balaban J connectivity index is 3.11. The molecule has 86 valence electrons. The molecule has 0 spiro atoms. The molecule has 0 aromatic rings. The van der Waals surface area contributed by atoms with Gasteiger partial charge in [0.25, 0.3) is 0 Å². The molecule has 0 saturated heterocycles. The molecular formula is C8H19O5P. The number of hydrogen-bond acceptors (Lipinski definition) is 5. The highest BCUT2D eigenvalue weighted by Gasteiger charge is 1.98. The largest absolute Gasteiger partial charge is 0.385 e. The van der Waals surface area contributed by atoms with Crippen molar-refractivity contribution in [3.05, 3.63) is 0 Å². The van der Waals surface area contributed by atoms with E-state index in [0.29, 0.717) is 26.4 Å². The summed E-state index contributed by atoms with van der Waals surface area (Å²) < 4.78 is 30.5. The summed E-state index contributed by atoms with van der Waals surface area (Å²) in [6.07, 6.45) is 1.46. The van der Waals surface area contributed by atoms with Crippen LogP contribution in [-0.2, 0) is 23.1 Å². The first kappa shape index (κ1) is 14.1. The Bertz CT molecular complexity index is 128. The molecular weight excluding hydrogens is 207 g/mol. The second-order valence-electron chi connectivity index (χ2n) is 2.64. The van der Waals surface area contributed by atoms with E-state index in [2.05, 4.69) is 0 Å². The molecule has 0 aliphatic heterocycles. The highest BCUT2D eigenvalue weighted by molar-refractivity contribution is 7.33. The summed E-state index contributed by atoms with van der Waals surface area (Å²) in [5, 5.41) is 0. The third-order valence-electron chi connectivity index (χ3n) is 1.43. The Labute approximate surface area is 85.6 Å². The average molecular weight is 226 g/mol. The maximum absolute atomic E-state index is 11.0. The van der Waals surface area contributed by atoms with Gasteiger partial charge in [-0.3, -0.25) is 4.57 Å². The minimum atomic E-state index is -2.31. The van der Waals surface area contributed by atoms with Gasteiger partial charge in [0.05, 0.1) is 13.2 Å². The lowest BCUT2D eigenvalue weighted by molar-refractivity contribution is 0.150. The van der Waals surface area contributed by atoms with Crippen molar-refractivity contribution in [1.82, 2.24) is 0 Å². The molecule has 0 aromatic heterocycles. The summed E-state index contributed by atoms with van der Waals surface area (Å²) in [4.78, 5) is 0. The van der Waals surface area contributed by atoms with E-state index in [1.165, 1.54) is 0 Å². The second kappa shape index (κ2) is 11.1. The van der Waals surface area contributed by atoms with E-state index in [-0.39, 0.29) is 0 Å². The molecule has 0 aliphatic rings. The van der Waals surface area contributed by atoms with E-state index < -0.39 is 8.25 Å². The molecule has 0 aliphatic carbocycles. The second-order valence-corrected chi connectivity index (χ2v) is 3.72. The van der Waals surface area contributed by atoms with Crippen molar-refractivity contribution in [3.63, 3.8) is 0 Å². The third-order valence-corrected chi connectivity index (χ3v) is 2.31. The van der Waals surface area contributed by atoms with Crippen LogP contribution >= 0.6 is 8.25 Å². The molecule has 0 fully saturated rings. The van der Waals surface area contributed by atoms with Crippen LogP contribution in [0, 0.1) is 0 Å². The van der Waals surface area contributed by atoms with Gasteiger partial charge in [0.1, 0.15) is 0 Å². The zero-order valence-corrected chi connectivity index (χ0v) is 9.78. The maximum Gasteiger partial charge on any atom is 0.319 e. The topological polar surface area (TPSA) is 54.0 Å². The predicted molar refractivity (Wildman–Crippen MR) is 53.9 cm³/mol. The van der Waals surface area contributed by atoms with Gasteiger partial charge in [-0.2, -0.15) is 0 Å². The summed E-state index contributed by atoms with van der Waals surface area (Å²) in [6, 6.07) is 0. The van der Waals surface area contributed by atoms with Gasteiger partial charge in [0.15, 0.2) is 0 Å². The molecule has 6 heteroatoms. The molecule has 5 nitrogen and oxygen atoms in total. The lowest BCUT2D eigenvalue weighted by Gasteiger charge is -2.04. The highest BCUT2D eigenvalue weighted by atomic mass is 31.1. The van der Waals surface area contributed by atoms with Gasteiger partial charge in [-0.25, -0.2) is 0 Å². The number of hydrogen-bond donors (Lipinski definition) is 0. The van der Waals surface area contributed by atoms with E-state index >= 15 is 0 Å².